The fourth-order valence-corrected chi connectivity index (χ4v) is 2.25. The van der Waals surface area contributed by atoms with Crippen molar-refractivity contribution in [2.24, 2.45) is 21.7 Å². The molecule has 0 aromatic carbocycles. The molecule has 1 aliphatic rings. The lowest BCUT2D eigenvalue weighted by atomic mass is 10.1. The van der Waals surface area contributed by atoms with Crippen LogP contribution < -0.4 is 22.5 Å². The summed E-state index contributed by atoms with van der Waals surface area (Å²) in [7, 11) is 0. The van der Waals surface area contributed by atoms with E-state index in [0.717, 1.165) is 12.8 Å². The summed E-state index contributed by atoms with van der Waals surface area (Å²) < 4.78 is 1.63. The van der Waals surface area contributed by atoms with Crippen LogP contribution in [0.4, 0.5) is 0 Å². The van der Waals surface area contributed by atoms with E-state index in [1.54, 1.807) is 4.31 Å². The number of nitrogens with one attached hydrogen (secondary N) is 2. The second kappa shape index (κ2) is 9.00. The van der Waals surface area contributed by atoms with E-state index in [4.69, 9.17) is 11.7 Å². The summed E-state index contributed by atoms with van der Waals surface area (Å²) in [6.45, 7) is 2.22. The molecule has 19 heavy (non-hydrogen) atoms. The number of aliphatic imine (C=N–C) groups is 2. The van der Waals surface area contributed by atoms with Crippen LogP contribution in [0, 0.1) is 0 Å². The van der Waals surface area contributed by atoms with Gasteiger partial charge >= 0.3 is 0 Å². The third-order valence-corrected chi connectivity index (χ3v) is 3.51. The van der Waals surface area contributed by atoms with Crippen LogP contribution in [0.1, 0.15) is 51.9 Å². The van der Waals surface area contributed by atoms with Crippen molar-refractivity contribution < 1.29 is 0 Å². The van der Waals surface area contributed by atoms with Gasteiger partial charge in [0.05, 0.1) is 0 Å². The lowest BCUT2D eigenvalue weighted by Gasteiger charge is -2.29. The van der Waals surface area contributed by atoms with Crippen LogP contribution in [0.15, 0.2) is 9.98 Å². The van der Waals surface area contributed by atoms with Crippen LogP contribution in [0.2, 0.25) is 0 Å². The molecule has 8 heteroatoms. The molecule has 0 aliphatic carbocycles. The third kappa shape index (κ3) is 5.25. The SMILES string of the molecule is CCCCCCCCC1N=C(NN)N=C(NN)N1S. The average molecular weight is 287 g/mol. The number of nitrogens with two attached hydrogens (primary N) is 2. The van der Waals surface area contributed by atoms with Gasteiger partial charge in [0.15, 0.2) is 0 Å². The first-order chi connectivity index (χ1) is 9.22. The minimum absolute atomic E-state index is 0.0934. The fourth-order valence-electron chi connectivity index (χ4n) is 1.98. The van der Waals surface area contributed by atoms with Gasteiger partial charge in [-0.15, -0.1) is 0 Å². The van der Waals surface area contributed by atoms with E-state index in [-0.39, 0.29) is 6.17 Å². The van der Waals surface area contributed by atoms with Crippen LogP contribution in [0.25, 0.3) is 0 Å². The zero-order valence-electron chi connectivity index (χ0n) is 11.5. The van der Waals surface area contributed by atoms with Gasteiger partial charge in [-0.2, -0.15) is 4.99 Å². The molecule has 1 heterocycles. The highest BCUT2D eigenvalue weighted by Gasteiger charge is 2.23. The predicted octanol–water partition coefficient (Wildman–Crippen LogP) is 0.862. The Morgan fingerprint density at radius 2 is 1.84 bits per heavy atom. The van der Waals surface area contributed by atoms with E-state index < -0.39 is 0 Å². The molecule has 0 spiro atoms. The van der Waals surface area contributed by atoms with Gasteiger partial charge in [-0.3, -0.25) is 15.2 Å². The molecule has 0 amide bonds. The van der Waals surface area contributed by atoms with Gasteiger partial charge < -0.3 is 0 Å². The minimum atomic E-state index is -0.0934. The Balaban J connectivity index is 2.36. The van der Waals surface area contributed by atoms with Crippen molar-refractivity contribution in [2.45, 2.75) is 58.0 Å². The summed E-state index contributed by atoms with van der Waals surface area (Å²) in [6.07, 6.45) is 8.29. The molecule has 0 saturated carbocycles. The fraction of sp³-hybridized carbons (Fsp3) is 0.818. The van der Waals surface area contributed by atoms with E-state index >= 15 is 0 Å². The topological polar surface area (TPSA) is 104 Å². The number of unbranched alkanes of at least 4 members (excludes halogenated alkanes) is 5. The van der Waals surface area contributed by atoms with Gasteiger partial charge in [-0.05, 0) is 12.8 Å². The standard InChI is InChI=1S/C11H25N7S/c1-2-3-4-5-6-7-8-9-14-10(16-12)15-11(17-13)18(9)19/h9,19H,2-8,12-13H2,1H3,(H2,14,15,16,17). The van der Waals surface area contributed by atoms with Gasteiger partial charge in [0.2, 0.25) is 11.9 Å². The maximum Gasteiger partial charge on any atom is 0.237 e. The first-order valence-corrected chi connectivity index (χ1v) is 7.20. The quantitative estimate of drug-likeness (QED) is 0.207. The molecule has 110 valence electrons. The molecular weight excluding hydrogens is 262 g/mol. The molecule has 0 saturated heterocycles. The average Bonchev–Trinajstić information content (AvgIpc) is 2.44. The van der Waals surface area contributed by atoms with E-state index in [1.165, 1.54) is 32.1 Å². The van der Waals surface area contributed by atoms with Crippen molar-refractivity contribution in [1.29, 1.82) is 0 Å². The molecule has 0 radical (unpaired) electrons. The summed E-state index contributed by atoms with van der Waals surface area (Å²) in [6, 6.07) is 0. The van der Waals surface area contributed by atoms with E-state index in [0.29, 0.717) is 11.9 Å². The Labute approximate surface area is 120 Å². The van der Waals surface area contributed by atoms with Gasteiger partial charge in [0.25, 0.3) is 0 Å². The Bertz CT molecular complexity index is 318. The molecule has 0 bridgehead atoms. The predicted molar refractivity (Wildman–Crippen MR) is 82.1 cm³/mol. The van der Waals surface area contributed by atoms with Crippen LogP contribution in [-0.2, 0) is 0 Å². The lowest BCUT2D eigenvalue weighted by molar-refractivity contribution is 0.419. The number of guanidine groups is 2. The first-order valence-electron chi connectivity index (χ1n) is 6.80. The highest BCUT2D eigenvalue weighted by Crippen LogP contribution is 2.17. The second-order valence-corrected chi connectivity index (χ2v) is 4.99. The molecular formula is C11H25N7S. The number of hydrogen-bond donors (Lipinski definition) is 5. The van der Waals surface area contributed by atoms with Crippen LogP contribution in [0.5, 0.6) is 0 Å². The zero-order chi connectivity index (χ0) is 14.1. The molecule has 1 rings (SSSR count). The summed E-state index contributed by atoms with van der Waals surface area (Å²) >= 11 is 4.35. The minimum Gasteiger partial charge on any atom is -0.293 e. The molecule has 0 aromatic rings. The van der Waals surface area contributed by atoms with E-state index in [1.807, 2.05) is 0 Å². The van der Waals surface area contributed by atoms with E-state index in [9.17, 15) is 0 Å². The third-order valence-electron chi connectivity index (χ3n) is 3.06. The van der Waals surface area contributed by atoms with Gasteiger partial charge in [0.1, 0.15) is 6.17 Å². The van der Waals surface area contributed by atoms with Crippen LogP contribution in [-0.4, -0.2) is 22.4 Å². The molecule has 7 nitrogen and oxygen atoms in total. The maximum atomic E-state index is 5.39. The van der Waals surface area contributed by atoms with Crippen molar-refractivity contribution in [1.82, 2.24) is 15.2 Å². The Kier molecular flexibility index (Phi) is 7.61. The molecule has 6 N–H and O–H groups in total. The summed E-state index contributed by atoms with van der Waals surface area (Å²) in [5.41, 5.74) is 4.93. The normalized spacial score (nSPS) is 18.9. The Morgan fingerprint density at radius 3 is 2.47 bits per heavy atom. The largest absolute Gasteiger partial charge is 0.293 e. The molecule has 1 unspecified atom stereocenters. The number of nitrogens with zero attached hydrogens (tertiary/aromatic N) is 3. The van der Waals surface area contributed by atoms with Crippen molar-refractivity contribution in [3.63, 3.8) is 0 Å². The molecule has 1 aliphatic heterocycles. The number of hydrogen-bond acceptors (Lipinski definition) is 8. The maximum absolute atomic E-state index is 5.39. The zero-order valence-corrected chi connectivity index (χ0v) is 12.4. The monoisotopic (exact) mass is 287 g/mol. The van der Waals surface area contributed by atoms with Crippen molar-refractivity contribution >= 4 is 24.7 Å². The van der Waals surface area contributed by atoms with Crippen molar-refractivity contribution in [3.05, 3.63) is 0 Å². The van der Waals surface area contributed by atoms with Crippen LogP contribution >= 0.6 is 12.8 Å². The second-order valence-electron chi connectivity index (χ2n) is 4.56. The molecule has 0 fully saturated rings. The lowest BCUT2D eigenvalue weighted by Crippen LogP contribution is -2.49. The Hall–Kier alpha value is -0.990. The number of rotatable bonds is 7. The molecule has 0 aromatic heterocycles. The highest BCUT2D eigenvalue weighted by molar-refractivity contribution is 7.78. The summed E-state index contributed by atoms with van der Waals surface area (Å²) in [5.74, 6) is 11.5. The van der Waals surface area contributed by atoms with Crippen molar-refractivity contribution in [2.75, 3.05) is 0 Å². The van der Waals surface area contributed by atoms with Gasteiger partial charge in [-0.25, -0.2) is 16.7 Å². The number of hydrazine groups is 2. The van der Waals surface area contributed by atoms with Gasteiger partial charge in [0, 0.05) is 0 Å². The Morgan fingerprint density at radius 1 is 1.16 bits per heavy atom. The van der Waals surface area contributed by atoms with Crippen LogP contribution in [0.3, 0.4) is 0 Å². The van der Waals surface area contributed by atoms with Gasteiger partial charge in [-0.1, -0.05) is 51.8 Å². The smallest absolute Gasteiger partial charge is 0.237 e. The number of thiol groups is 1. The highest BCUT2D eigenvalue weighted by atomic mass is 32.1. The molecule has 1 atom stereocenters. The summed E-state index contributed by atoms with van der Waals surface area (Å²) in [5, 5.41) is 0. The van der Waals surface area contributed by atoms with Crippen molar-refractivity contribution in [3.8, 4) is 0 Å². The summed E-state index contributed by atoms with van der Waals surface area (Å²) in [4.78, 5) is 8.42. The first kappa shape index (κ1) is 16.1. The van der Waals surface area contributed by atoms with E-state index in [2.05, 4.69) is 40.6 Å².